The second-order valence-corrected chi connectivity index (χ2v) is 4.30. The van der Waals surface area contributed by atoms with Crippen molar-refractivity contribution in [2.45, 2.75) is 20.3 Å². The molecule has 2 aromatic rings. The van der Waals surface area contributed by atoms with Crippen LogP contribution in [-0.2, 0) is 4.74 Å². The first-order valence-corrected chi connectivity index (χ1v) is 5.51. The third-order valence-corrected chi connectivity index (χ3v) is 2.48. The molecule has 0 saturated carbocycles. The molecule has 0 amide bonds. The van der Waals surface area contributed by atoms with Gasteiger partial charge in [-0.15, -0.1) is 0 Å². The zero-order valence-corrected chi connectivity index (χ0v) is 9.75. The minimum absolute atomic E-state index is 0.0563. The first-order chi connectivity index (χ1) is 8.09. The van der Waals surface area contributed by atoms with E-state index in [1.165, 1.54) is 6.26 Å². The van der Waals surface area contributed by atoms with Gasteiger partial charge in [0.2, 0.25) is 0 Å². The van der Waals surface area contributed by atoms with Gasteiger partial charge >= 0.3 is 5.97 Å². The number of H-pyrrole nitrogens is 1. The zero-order valence-electron chi connectivity index (χ0n) is 9.75. The standard InChI is InChI=1S/C12H14FNO3/c1-7(2)3-5-17-12(15)10-9(13)11-8(14-10)4-6-16-11/h4,6-7,14H,3,5H2,1-2H3. The van der Waals surface area contributed by atoms with Crippen molar-refractivity contribution < 1.29 is 18.3 Å². The van der Waals surface area contributed by atoms with Gasteiger partial charge in [-0.3, -0.25) is 0 Å². The maximum Gasteiger partial charge on any atom is 0.357 e. The monoisotopic (exact) mass is 239 g/mol. The van der Waals surface area contributed by atoms with Crippen molar-refractivity contribution in [3.63, 3.8) is 0 Å². The van der Waals surface area contributed by atoms with E-state index in [9.17, 15) is 9.18 Å². The van der Waals surface area contributed by atoms with E-state index in [1.807, 2.05) is 13.8 Å². The molecule has 0 aliphatic rings. The molecule has 92 valence electrons. The van der Waals surface area contributed by atoms with Crippen molar-refractivity contribution in [1.29, 1.82) is 0 Å². The number of ether oxygens (including phenoxy) is 1. The number of esters is 1. The van der Waals surface area contributed by atoms with Crippen molar-refractivity contribution in [1.82, 2.24) is 4.98 Å². The summed E-state index contributed by atoms with van der Waals surface area (Å²) in [6, 6.07) is 1.56. The van der Waals surface area contributed by atoms with Crippen LogP contribution >= 0.6 is 0 Å². The van der Waals surface area contributed by atoms with Crippen LogP contribution in [0.2, 0.25) is 0 Å². The molecule has 0 aliphatic carbocycles. The molecule has 5 heteroatoms. The van der Waals surface area contributed by atoms with E-state index in [0.29, 0.717) is 11.4 Å². The fourth-order valence-electron chi connectivity index (χ4n) is 1.48. The van der Waals surface area contributed by atoms with Gasteiger partial charge in [0.05, 0.1) is 18.4 Å². The number of hydrogen-bond donors (Lipinski definition) is 1. The van der Waals surface area contributed by atoms with E-state index in [2.05, 4.69) is 4.98 Å². The smallest absolute Gasteiger partial charge is 0.357 e. The molecule has 0 spiro atoms. The van der Waals surface area contributed by atoms with Crippen LogP contribution in [0.15, 0.2) is 16.7 Å². The number of halogens is 1. The highest BCUT2D eigenvalue weighted by Gasteiger charge is 2.21. The van der Waals surface area contributed by atoms with Crippen molar-refractivity contribution in [2.75, 3.05) is 6.61 Å². The molecule has 0 bridgehead atoms. The van der Waals surface area contributed by atoms with Crippen molar-refractivity contribution >= 4 is 17.1 Å². The predicted molar refractivity (Wildman–Crippen MR) is 60.3 cm³/mol. The third kappa shape index (κ3) is 2.33. The summed E-state index contributed by atoms with van der Waals surface area (Å²) in [7, 11) is 0. The Morgan fingerprint density at radius 1 is 1.59 bits per heavy atom. The summed E-state index contributed by atoms with van der Waals surface area (Å²) in [6.07, 6.45) is 2.11. The normalized spacial score (nSPS) is 11.3. The molecule has 2 heterocycles. The highest BCUT2D eigenvalue weighted by atomic mass is 19.1. The van der Waals surface area contributed by atoms with Crippen LogP contribution in [0.25, 0.3) is 11.1 Å². The summed E-state index contributed by atoms with van der Waals surface area (Å²) in [6.45, 7) is 4.34. The highest BCUT2D eigenvalue weighted by molar-refractivity contribution is 5.93. The number of furan rings is 1. The molecule has 2 rings (SSSR count). The lowest BCUT2D eigenvalue weighted by molar-refractivity contribution is 0.0477. The van der Waals surface area contributed by atoms with E-state index in [-0.39, 0.29) is 17.9 Å². The SMILES string of the molecule is CC(C)CCOC(=O)c1[nH]c2ccoc2c1F. The molecule has 0 unspecified atom stereocenters. The molecule has 2 aromatic heterocycles. The molecule has 0 atom stereocenters. The largest absolute Gasteiger partial charge is 0.461 e. The summed E-state index contributed by atoms with van der Waals surface area (Å²) < 4.78 is 23.5. The van der Waals surface area contributed by atoms with Crippen LogP contribution in [0, 0.1) is 11.7 Å². The van der Waals surface area contributed by atoms with Gasteiger partial charge in [0.1, 0.15) is 0 Å². The maximum absolute atomic E-state index is 13.7. The Labute approximate surface area is 97.7 Å². The van der Waals surface area contributed by atoms with E-state index in [1.54, 1.807) is 6.07 Å². The summed E-state index contributed by atoms with van der Waals surface area (Å²) >= 11 is 0. The predicted octanol–water partition coefficient (Wildman–Crippen LogP) is 3.10. The Morgan fingerprint density at radius 3 is 3.00 bits per heavy atom. The number of rotatable bonds is 4. The second-order valence-electron chi connectivity index (χ2n) is 4.30. The van der Waals surface area contributed by atoms with Gasteiger partial charge in [0, 0.05) is 6.07 Å². The van der Waals surface area contributed by atoms with Crippen LogP contribution in [0.5, 0.6) is 0 Å². The molecule has 0 aliphatic heterocycles. The molecule has 1 N–H and O–H groups in total. The fourth-order valence-corrected chi connectivity index (χ4v) is 1.48. The van der Waals surface area contributed by atoms with E-state index < -0.39 is 11.8 Å². The van der Waals surface area contributed by atoms with Gasteiger partial charge in [-0.05, 0) is 12.3 Å². The summed E-state index contributed by atoms with van der Waals surface area (Å²) in [4.78, 5) is 14.2. The number of aromatic nitrogens is 1. The molecular weight excluding hydrogens is 225 g/mol. The van der Waals surface area contributed by atoms with Crippen LogP contribution < -0.4 is 0 Å². The van der Waals surface area contributed by atoms with E-state index in [0.717, 1.165) is 6.42 Å². The quantitative estimate of drug-likeness (QED) is 0.834. The number of carbonyl (C=O) groups is 1. The van der Waals surface area contributed by atoms with Crippen molar-refractivity contribution in [3.8, 4) is 0 Å². The minimum atomic E-state index is -0.695. The number of carbonyl (C=O) groups excluding carboxylic acids is 1. The van der Waals surface area contributed by atoms with Crippen LogP contribution in [-0.4, -0.2) is 17.6 Å². The molecule has 17 heavy (non-hydrogen) atoms. The van der Waals surface area contributed by atoms with E-state index >= 15 is 0 Å². The average Bonchev–Trinajstić information content (AvgIpc) is 2.81. The second kappa shape index (κ2) is 4.61. The van der Waals surface area contributed by atoms with Gasteiger partial charge in [-0.25, -0.2) is 9.18 Å². The lowest BCUT2D eigenvalue weighted by Crippen LogP contribution is -2.09. The maximum atomic E-state index is 13.7. The molecule has 0 radical (unpaired) electrons. The highest BCUT2D eigenvalue weighted by Crippen LogP contribution is 2.22. The number of hydrogen-bond acceptors (Lipinski definition) is 3. The first kappa shape index (κ1) is 11.7. The minimum Gasteiger partial charge on any atom is -0.461 e. The Hall–Kier alpha value is -1.78. The molecular formula is C12H14FNO3. The van der Waals surface area contributed by atoms with Gasteiger partial charge < -0.3 is 14.1 Å². The topological polar surface area (TPSA) is 55.2 Å². The number of fused-ring (bicyclic) bond motifs is 1. The lowest BCUT2D eigenvalue weighted by atomic mass is 10.1. The average molecular weight is 239 g/mol. The molecule has 4 nitrogen and oxygen atoms in total. The number of nitrogens with one attached hydrogen (secondary N) is 1. The van der Waals surface area contributed by atoms with Crippen molar-refractivity contribution in [3.05, 3.63) is 23.8 Å². The molecule has 0 saturated heterocycles. The Balaban J connectivity index is 2.08. The number of aromatic amines is 1. The van der Waals surface area contributed by atoms with Crippen molar-refractivity contribution in [2.24, 2.45) is 5.92 Å². The zero-order chi connectivity index (χ0) is 12.4. The Kier molecular flexibility index (Phi) is 3.17. The third-order valence-electron chi connectivity index (χ3n) is 2.48. The van der Waals surface area contributed by atoms with Gasteiger partial charge in [-0.2, -0.15) is 0 Å². The summed E-state index contributed by atoms with van der Waals surface area (Å²) in [5, 5.41) is 0. The molecule has 0 aromatic carbocycles. The van der Waals surface area contributed by atoms with Crippen LogP contribution in [0.4, 0.5) is 4.39 Å². The first-order valence-electron chi connectivity index (χ1n) is 5.51. The lowest BCUT2D eigenvalue weighted by Gasteiger charge is -2.05. The Bertz CT molecular complexity index is 527. The van der Waals surface area contributed by atoms with Gasteiger partial charge in [0.25, 0.3) is 0 Å². The van der Waals surface area contributed by atoms with E-state index in [4.69, 9.17) is 9.15 Å². The summed E-state index contributed by atoms with van der Waals surface area (Å²) in [5.41, 5.74) is 0.335. The Morgan fingerprint density at radius 2 is 2.35 bits per heavy atom. The summed E-state index contributed by atoms with van der Waals surface area (Å²) in [5.74, 6) is -0.943. The van der Waals surface area contributed by atoms with Crippen LogP contribution in [0.1, 0.15) is 30.8 Å². The van der Waals surface area contributed by atoms with Gasteiger partial charge in [-0.1, -0.05) is 13.8 Å². The van der Waals surface area contributed by atoms with Gasteiger partial charge in [0.15, 0.2) is 17.1 Å². The van der Waals surface area contributed by atoms with Crippen LogP contribution in [0.3, 0.4) is 0 Å². The fraction of sp³-hybridized carbons (Fsp3) is 0.417. The molecule has 0 fully saturated rings.